The van der Waals surface area contributed by atoms with Crippen LogP contribution in [0.25, 0.3) is 16.7 Å². The molecule has 1 heterocycles. The standard InChI is InChI=1S/C24H20ClF3N4O3S.Na/c1-15-2-8-18(9-3-15)36(34,35)31-23(33)29-11-10-16-4-6-17(7-5-16)32-14-30-21-12-19(24(26,27)28)20(25)13-22(21)32;/h2-9,12-14H,10-11H2,1H3,(H2,29,31,33);. The average Bonchev–Trinajstić information content (AvgIpc) is 3.21. The zero-order valence-electron chi connectivity index (χ0n) is 19.8. The molecule has 189 valence electrons. The molecule has 2 N–H and O–H groups in total. The second-order valence-electron chi connectivity index (χ2n) is 8.02. The normalized spacial score (nSPS) is 11.7. The van der Waals surface area contributed by atoms with Gasteiger partial charge in [-0.05, 0) is 55.3 Å². The van der Waals surface area contributed by atoms with Crippen LogP contribution in [-0.4, -0.2) is 60.1 Å². The number of aryl methyl sites for hydroxylation is 1. The number of carbonyl (C=O) groups is 1. The predicted octanol–water partition coefficient (Wildman–Crippen LogP) is 4.86. The molecule has 3 aromatic carbocycles. The molecule has 0 unspecified atom stereocenters. The molecule has 0 fully saturated rings. The van der Waals surface area contributed by atoms with Crippen molar-refractivity contribution in [3.8, 4) is 5.69 Å². The van der Waals surface area contributed by atoms with Gasteiger partial charge in [-0.15, -0.1) is 0 Å². The first-order chi connectivity index (χ1) is 16.9. The molecule has 0 saturated carbocycles. The zero-order valence-corrected chi connectivity index (χ0v) is 23.4. The largest absolute Gasteiger partial charge is 0.417 e. The molecular weight excluding hydrogens is 540 g/mol. The Labute approximate surface area is 238 Å². The molecule has 0 bridgehead atoms. The molecule has 0 saturated heterocycles. The molecule has 2 amide bonds. The van der Waals surface area contributed by atoms with Crippen molar-refractivity contribution in [2.75, 3.05) is 6.54 Å². The van der Waals surface area contributed by atoms with Crippen LogP contribution in [0.3, 0.4) is 0 Å². The van der Waals surface area contributed by atoms with Gasteiger partial charge in [0.15, 0.2) is 0 Å². The van der Waals surface area contributed by atoms with Crippen molar-refractivity contribution in [1.82, 2.24) is 19.6 Å². The molecule has 0 atom stereocenters. The number of fused-ring (bicyclic) bond motifs is 1. The first-order valence-corrected chi connectivity index (χ1v) is 12.5. The Balaban J connectivity index is 0.00000380. The van der Waals surface area contributed by atoms with Crippen LogP contribution in [0.5, 0.6) is 0 Å². The number of benzene rings is 3. The fourth-order valence-electron chi connectivity index (χ4n) is 3.53. The summed E-state index contributed by atoms with van der Waals surface area (Å²) in [6, 6.07) is 14.5. The van der Waals surface area contributed by atoms with E-state index < -0.39 is 32.8 Å². The van der Waals surface area contributed by atoms with Crippen LogP contribution in [0.2, 0.25) is 5.02 Å². The quantitative estimate of drug-likeness (QED) is 0.330. The number of alkyl halides is 3. The Bertz CT molecular complexity index is 1520. The molecule has 0 aliphatic carbocycles. The molecule has 0 aliphatic heterocycles. The minimum atomic E-state index is -4.58. The maximum atomic E-state index is 13.1. The zero-order chi connectivity index (χ0) is 26.1. The summed E-state index contributed by atoms with van der Waals surface area (Å²) in [4.78, 5) is 16.1. The van der Waals surface area contributed by atoms with Crippen molar-refractivity contribution in [3.63, 3.8) is 0 Å². The van der Waals surface area contributed by atoms with Crippen LogP contribution < -0.4 is 10.0 Å². The van der Waals surface area contributed by atoms with Gasteiger partial charge in [-0.25, -0.2) is 22.9 Å². The average molecular weight is 560 g/mol. The van der Waals surface area contributed by atoms with Crippen LogP contribution in [0.4, 0.5) is 18.0 Å². The number of aromatic nitrogens is 2. The van der Waals surface area contributed by atoms with Crippen molar-refractivity contribution in [3.05, 3.63) is 88.7 Å². The van der Waals surface area contributed by atoms with E-state index >= 15 is 0 Å². The molecule has 1 radical (unpaired) electrons. The van der Waals surface area contributed by atoms with Gasteiger partial charge in [-0.1, -0.05) is 41.4 Å². The van der Waals surface area contributed by atoms with Gasteiger partial charge in [0.2, 0.25) is 0 Å². The van der Waals surface area contributed by atoms with E-state index in [4.69, 9.17) is 11.6 Å². The maximum absolute atomic E-state index is 13.1. The summed E-state index contributed by atoms with van der Waals surface area (Å²) in [5.41, 5.74) is 2.04. The van der Waals surface area contributed by atoms with Crippen molar-refractivity contribution < 1.29 is 26.4 Å². The predicted molar refractivity (Wildman–Crippen MR) is 135 cm³/mol. The molecular formula is C24H20ClF3N4NaO3S. The number of halogens is 4. The number of hydrogen-bond acceptors (Lipinski definition) is 4. The Hall–Kier alpha value is -2.57. The Morgan fingerprint density at radius 3 is 2.32 bits per heavy atom. The summed E-state index contributed by atoms with van der Waals surface area (Å²) in [6.45, 7) is 2.00. The minimum Gasteiger partial charge on any atom is -0.337 e. The van der Waals surface area contributed by atoms with Gasteiger partial charge in [-0.3, -0.25) is 4.57 Å². The van der Waals surface area contributed by atoms with E-state index in [1.807, 2.05) is 11.6 Å². The topological polar surface area (TPSA) is 93.1 Å². The molecule has 0 spiro atoms. The number of amides is 2. The second kappa shape index (κ2) is 11.4. The number of rotatable bonds is 6. The molecule has 4 aromatic rings. The first-order valence-electron chi connectivity index (χ1n) is 10.6. The van der Waals surface area contributed by atoms with Crippen molar-refractivity contribution in [2.45, 2.75) is 24.4 Å². The van der Waals surface area contributed by atoms with Crippen molar-refractivity contribution in [2.24, 2.45) is 0 Å². The molecule has 4 rings (SSSR count). The van der Waals surface area contributed by atoms with Gasteiger partial charge in [0.25, 0.3) is 10.0 Å². The smallest absolute Gasteiger partial charge is 0.337 e. The number of sulfonamides is 1. The van der Waals surface area contributed by atoms with Gasteiger partial charge in [-0.2, -0.15) is 13.2 Å². The van der Waals surface area contributed by atoms with Crippen LogP contribution in [0.15, 0.2) is 71.9 Å². The van der Waals surface area contributed by atoms with E-state index in [0.29, 0.717) is 17.6 Å². The van der Waals surface area contributed by atoms with Crippen LogP contribution in [0.1, 0.15) is 16.7 Å². The molecule has 37 heavy (non-hydrogen) atoms. The van der Waals surface area contributed by atoms with Gasteiger partial charge < -0.3 is 5.32 Å². The number of imidazole rings is 1. The summed E-state index contributed by atoms with van der Waals surface area (Å²) >= 11 is 5.85. The van der Waals surface area contributed by atoms with E-state index in [-0.39, 0.29) is 46.5 Å². The third kappa shape index (κ3) is 6.85. The molecule has 13 heteroatoms. The second-order valence-corrected chi connectivity index (χ2v) is 10.1. The summed E-state index contributed by atoms with van der Waals surface area (Å²) in [5.74, 6) is 0. The van der Waals surface area contributed by atoms with E-state index in [1.54, 1.807) is 41.0 Å². The van der Waals surface area contributed by atoms with Crippen LogP contribution >= 0.6 is 11.6 Å². The number of urea groups is 1. The fraction of sp³-hybridized carbons (Fsp3) is 0.167. The minimum absolute atomic E-state index is 0. The summed E-state index contributed by atoms with van der Waals surface area (Å²) in [7, 11) is -3.98. The van der Waals surface area contributed by atoms with Gasteiger partial charge in [0.1, 0.15) is 6.33 Å². The van der Waals surface area contributed by atoms with Gasteiger partial charge in [0.05, 0.1) is 26.5 Å². The molecule has 0 aliphatic rings. The third-order valence-electron chi connectivity index (χ3n) is 5.41. The van der Waals surface area contributed by atoms with Crippen LogP contribution in [-0.2, 0) is 22.6 Å². The Morgan fingerprint density at radius 1 is 1.05 bits per heavy atom. The van der Waals surface area contributed by atoms with Gasteiger partial charge >= 0.3 is 12.2 Å². The third-order valence-corrected chi connectivity index (χ3v) is 7.07. The first kappa shape index (κ1) is 29.0. The van der Waals surface area contributed by atoms with Crippen molar-refractivity contribution in [1.29, 1.82) is 0 Å². The summed E-state index contributed by atoms with van der Waals surface area (Å²) in [6.07, 6.45) is -2.74. The van der Waals surface area contributed by atoms with E-state index in [9.17, 15) is 26.4 Å². The van der Waals surface area contributed by atoms with E-state index in [0.717, 1.165) is 17.2 Å². The monoisotopic (exact) mass is 559 g/mol. The number of nitrogens with zero attached hydrogens (tertiary/aromatic N) is 2. The summed E-state index contributed by atoms with van der Waals surface area (Å²) < 4.78 is 67.4. The van der Waals surface area contributed by atoms with E-state index in [1.165, 1.54) is 24.5 Å². The Morgan fingerprint density at radius 2 is 1.70 bits per heavy atom. The molecule has 1 aromatic heterocycles. The summed E-state index contributed by atoms with van der Waals surface area (Å²) in [5, 5.41) is 2.09. The maximum Gasteiger partial charge on any atom is 0.417 e. The SMILES string of the molecule is Cc1ccc(S(=O)(=O)NC(=O)NCCc2ccc(-n3cnc4cc(C(F)(F)F)c(Cl)cc43)cc2)cc1.[Na]. The fourth-order valence-corrected chi connectivity index (χ4v) is 4.72. The number of hydrogen-bond donors (Lipinski definition) is 2. The van der Waals surface area contributed by atoms with E-state index in [2.05, 4.69) is 10.3 Å². The number of nitrogens with one attached hydrogen (secondary N) is 2. The van der Waals surface area contributed by atoms with Gasteiger partial charge in [0, 0.05) is 41.8 Å². The van der Waals surface area contributed by atoms with Crippen LogP contribution in [0, 0.1) is 6.92 Å². The Kier molecular flexibility index (Phi) is 8.97. The molecule has 7 nitrogen and oxygen atoms in total. The van der Waals surface area contributed by atoms with Crippen molar-refractivity contribution >= 4 is 68.2 Å². The number of carbonyl (C=O) groups excluding carboxylic acids is 1.